The van der Waals surface area contributed by atoms with Crippen molar-refractivity contribution in [3.05, 3.63) is 54.5 Å². The van der Waals surface area contributed by atoms with E-state index >= 15 is 0 Å². The van der Waals surface area contributed by atoms with Crippen LogP contribution in [0.2, 0.25) is 0 Å². The molecule has 0 saturated carbocycles. The van der Waals surface area contributed by atoms with Crippen molar-refractivity contribution in [2.75, 3.05) is 11.9 Å². The zero-order valence-electron chi connectivity index (χ0n) is 12.3. The fourth-order valence-electron chi connectivity index (χ4n) is 1.68. The van der Waals surface area contributed by atoms with Gasteiger partial charge in [0, 0.05) is 11.0 Å². The van der Waals surface area contributed by atoms with Crippen molar-refractivity contribution in [2.45, 2.75) is 10.7 Å². The Balaban J connectivity index is 1.84. The summed E-state index contributed by atoms with van der Waals surface area (Å²) in [7, 11) is 0. The largest absolute Gasteiger partial charge is 0.465 e. The van der Waals surface area contributed by atoms with Crippen molar-refractivity contribution in [3.63, 3.8) is 0 Å². The summed E-state index contributed by atoms with van der Waals surface area (Å²) in [6, 6.07) is 9.44. The lowest BCUT2D eigenvalue weighted by molar-refractivity contribution is -0.142. The summed E-state index contributed by atoms with van der Waals surface area (Å²) in [5.74, 6) is -3.49. The first-order chi connectivity index (χ1) is 11.5. The lowest BCUT2D eigenvalue weighted by Gasteiger charge is -2.10. The van der Waals surface area contributed by atoms with Crippen molar-refractivity contribution in [1.82, 2.24) is 0 Å². The Morgan fingerprint density at radius 1 is 1.25 bits per heavy atom. The highest BCUT2D eigenvalue weighted by Crippen LogP contribution is 2.31. The third-order valence-electron chi connectivity index (χ3n) is 2.65. The van der Waals surface area contributed by atoms with Crippen LogP contribution in [0.1, 0.15) is 5.76 Å². The minimum absolute atomic E-state index is 0.227. The van der Waals surface area contributed by atoms with Crippen LogP contribution in [0.3, 0.4) is 0 Å². The second kappa shape index (κ2) is 8.88. The Labute approximate surface area is 140 Å². The maximum atomic E-state index is 12.5. The van der Waals surface area contributed by atoms with E-state index in [0.717, 1.165) is 6.08 Å². The van der Waals surface area contributed by atoms with Crippen LogP contribution in [0.5, 0.6) is 0 Å². The second-order valence-electron chi connectivity index (χ2n) is 4.38. The zero-order chi connectivity index (χ0) is 17.4. The molecule has 0 unspecified atom stereocenters. The van der Waals surface area contributed by atoms with Gasteiger partial charge >= 0.3 is 5.97 Å². The third-order valence-corrected chi connectivity index (χ3v) is 3.44. The van der Waals surface area contributed by atoms with Gasteiger partial charge in [0.2, 0.25) is 0 Å². The summed E-state index contributed by atoms with van der Waals surface area (Å²) >= 11 is 0.321. The lowest BCUT2D eigenvalue weighted by atomic mass is 10.3. The molecule has 2 aromatic rings. The van der Waals surface area contributed by atoms with Crippen molar-refractivity contribution in [1.29, 1.82) is 0 Å². The van der Waals surface area contributed by atoms with Crippen LogP contribution in [0, 0.1) is 0 Å². The molecule has 1 amide bonds. The van der Waals surface area contributed by atoms with Crippen LogP contribution in [0.15, 0.2) is 58.1 Å². The highest BCUT2D eigenvalue weighted by atomic mass is 32.2. The van der Waals surface area contributed by atoms with E-state index in [1.165, 1.54) is 24.5 Å². The number of para-hydroxylation sites is 1. The van der Waals surface area contributed by atoms with Gasteiger partial charge in [0.05, 0.1) is 12.0 Å². The van der Waals surface area contributed by atoms with Crippen LogP contribution < -0.4 is 5.32 Å². The van der Waals surface area contributed by atoms with Gasteiger partial charge in [-0.05, 0) is 30.3 Å². The maximum Gasteiger partial charge on any atom is 0.331 e. The van der Waals surface area contributed by atoms with E-state index < -0.39 is 24.2 Å². The Bertz CT molecular complexity index is 717. The predicted octanol–water partition coefficient (Wildman–Crippen LogP) is 3.79. The lowest BCUT2D eigenvalue weighted by Crippen LogP contribution is -2.20. The third kappa shape index (κ3) is 5.88. The number of alkyl halides is 2. The molecule has 0 aliphatic rings. The van der Waals surface area contributed by atoms with Gasteiger partial charge in [-0.15, -0.1) is 0 Å². The number of rotatable bonds is 7. The molecular formula is C16H13F2NO4S. The summed E-state index contributed by atoms with van der Waals surface area (Å²) < 4.78 is 34.7. The first-order valence-corrected chi connectivity index (χ1v) is 7.64. The minimum atomic E-state index is -2.60. The molecule has 1 aromatic carbocycles. The number of hydrogen-bond donors (Lipinski definition) is 1. The average Bonchev–Trinajstić information content (AvgIpc) is 3.06. The first kappa shape index (κ1) is 17.7. The fraction of sp³-hybridized carbons (Fsp3) is 0.125. The first-order valence-electron chi connectivity index (χ1n) is 6.76. The molecule has 126 valence electrons. The van der Waals surface area contributed by atoms with Crippen LogP contribution >= 0.6 is 11.8 Å². The summed E-state index contributed by atoms with van der Waals surface area (Å²) in [6.07, 6.45) is 3.97. The standard InChI is InChI=1S/C16H13F2NO4S/c17-16(18)24-13-6-2-1-5-12(13)19-14(20)10-23-15(21)8-7-11-4-3-9-22-11/h1-9,16H,10H2,(H,19,20)/b8-7+. The monoisotopic (exact) mass is 353 g/mol. The highest BCUT2D eigenvalue weighted by molar-refractivity contribution is 7.99. The van der Waals surface area contributed by atoms with Crippen LogP contribution in [-0.4, -0.2) is 24.2 Å². The molecule has 0 saturated heterocycles. The minimum Gasteiger partial charge on any atom is -0.465 e. The summed E-state index contributed by atoms with van der Waals surface area (Å²) in [6.45, 7) is -0.533. The van der Waals surface area contributed by atoms with Gasteiger partial charge < -0.3 is 14.5 Å². The highest BCUT2D eigenvalue weighted by Gasteiger charge is 2.12. The molecule has 0 spiro atoms. The number of thioether (sulfide) groups is 1. The fourth-order valence-corrected chi connectivity index (χ4v) is 2.27. The summed E-state index contributed by atoms with van der Waals surface area (Å²) in [5, 5.41) is 2.43. The molecule has 0 bridgehead atoms. The Morgan fingerprint density at radius 2 is 2.04 bits per heavy atom. The molecular weight excluding hydrogens is 340 g/mol. The van der Waals surface area contributed by atoms with Gasteiger partial charge in [-0.2, -0.15) is 8.78 Å². The number of amides is 1. The number of hydrogen-bond acceptors (Lipinski definition) is 5. The molecule has 0 radical (unpaired) electrons. The van der Waals surface area contributed by atoms with Gasteiger partial charge in [0.1, 0.15) is 5.76 Å². The summed E-state index contributed by atoms with van der Waals surface area (Å²) in [4.78, 5) is 23.5. The number of ether oxygens (including phenoxy) is 1. The Morgan fingerprint density at radius 3 is 2.75 bits per heavy atom. The van der Waals surface area contributed by atoms with Crippen molar-refractivity contribution < 1.29 is 27.5 Å². The molecule has 24 heavy (non-hydrogen) atoms. The van der Waals surface area contributed by atoms with E-state index in [2.05, 4.69) is 5.32 Å². The molecule has 0 fully saturated rings. The van der Waals surface area contributed by atoms with Crippen LogP contribution in [0.25, 0.3) is 6.08 Å². The SMILES string of the molecule is O=C(COC(=O)/C=C/c1ccco1)Nc1ccccc1SC(F)F. The van der Waals surface area contributed by atoms with E-state index in [0.29, 0.717) is 17.5 Å². The van der Waals surface area contributed by atoms with E-state index in [1.807, 2.05) is 0 Å². The normalized spacial score (nSPS) is 11.0. The number of carbonyl (C=O) groups excluding carboxylic acids is 2. The van der Waals surface area contributed by atoms with Gasteiger partial charge in [-0.25, -0.2) is 4.79 Å². The van der Waals surface area contributed by atoms with Crippen molar-refractivity contribution in [2.24, 2.45) is 0 Å². The number of halogens is 2. The number of carbonyl (C=O) groups is 2. The molecule has 8 heteroatoms. The maximum absolute atomic E-state index is 12.5. The van der Waals surface area contributed by atoms with Gasteiger partial charge in [0.15, 0.2) is 6.61 Å². The van der Waals surface area contributed by atoms with Crippen LogP contribution in [0.4, 0.5) is 14.5 Å². The molecule has 0 aliphatic carbocycles. The molecule has 2 rings (SSSR count). The Kier molecular flexibility index (Phi) is 6.56. The van der Waals surface area contributed by atoms with Gasteiger partial charge in [0.25, 0.3) is 11.7 Å². The van der Waals surface area contributed by atoms with Crippen molar-refractivity contribution in [3.8, 4) is 0 Å². The number of furan rings is 1. The van der Waals surface area contributed by atoms with Crippen LogP contribution in [-0.2, 0) is 14.3 Å². The predicted molar refractivity (Wildman–Crippen MR) is 85.6 cm³/mol. The Hall–Kier alpha value is -2.61. The van der Waals surface area contributed by atoms with E-state index in [-0.39, 0.29) is 10.6 Å². The van der Waals surface area contributed by atoms with E-state index in [9.17, 15) is 18.4 Å². The van der Waals surface area contributed by atoms with Gasteiger partial charge in [-0.3, -0.25) is 4.79 Å². The number of nitrogens with one attached hydrogen (secondary N) is 1. The number of benzene rings is 1. The molecule has 1 N–H and O–H groups in total. The smallest absolute Gasteiger partial charge is 0.331 e. The average molecular weight is 353 g/mol. The van der Waals surface area contributed by atoms with E-state index in [4.69, 9.17) is 9.15 Å². The quantitative estimate of drug-likeness (QED) is 0.466. The molecule has 5 nitrogen and oxygen atoms in total. The zero-order valence-corrected chi connectivity index (χ0v) is 13.1. The second-order valence-corrected chi connectivity index (χ2v) is 5.41. The van der Waals surface area contributed by atoms with E-state index in [1.54, 1.807) is 24.3 Å². The summed E-state index contributed by atoms with van der Waals surface area (Å²) in [5.41, 5.74) is 0.231. The molecule has 0 atom stereocenters. The number of esters is 1. The van der Waals surface area contributed by atoms with Crippen molar-refractivity contribution >= 4 is 35.4 Å². The molecule has 1 aromatic heterocycles. The topological polar surface area (TPSA) is 68.5 Å². The van der Waals surface area contributed by atoms with Gasteiger partial charge in [-0.1, -0.05) is 23.9 Å². The molecule has 1 heterocycles. The number of anilines is 1. The molecule has 0 aliphatic heterocycles.